The summed E-state index contributed by atoms with van der Waals surface area (Å²) in [5.74, 6) is 0.523. The number of nitriles is 1. The molecule has 1 aromatic carbocycles. The van der Waals surface area contributed by atoms with Crippen molar-refractivity contribution < 1.29 is 9.84 Å². The van der Waals surface area contributed by atoms with Gasteiger partial charge in [-0.15, -0.1) is 0 Å². The first kappa shape index (κ1) is 15.6. The van der Waals surface area contributed by atoms with Gasteiger partial charge in [-0.05, 0) is 44.4 Å². The van der Waals surface area contributed by atoms with E-state index < -0.39 is 6.10 Å². The minimum Gasteiger partial charge on any atom is -0.489 e. The summed E-state index contributed by atoms with van der Waals surface area (Å²) in [5, 5.41) is 22.1. The average Bonchev–Trinajstić information content (AvgIpc) is 3.03. The molecule has 1 aromatic rings. The number of allylic oxidation sites excluding steroid dienone is 1. The van der Waals surface area contributed by atoms with E-state index in [1.807, 2.05) is 6.07 Å². The molecule has 0 aliphatic heterocycles. The summed E-state index contributed by atoms with van der Waals surface area (Å²) < 4.78 is 5.50. The van der Waals surface area contributed by atoms with Crippen LogP contribution in [0.15, 0.2) is 35.9 Å². The highest BCUT2D eigenvalue weighted by atomic mass is 16.5. The molecule has 0 saturated carbocycles. The minimum atomic E-state index is -0.575. The molecule has 0 heterocycles. The quantitative estimate of drug-likeness (QED) is 0.569. The van der Waals surface area contributed by atoms with Crippen LogP contribution in [0.4, 0.5) is 0 Å². The van der Waals surface area contributed by atoms with Crippen LogP contribution in [0.5, 0.6) is 5.75 Å². The highest BCUT2D eigenvalue weighted by Crippen LogP contribution is 2.19. The van der Waals surface area contributed by atoms with Crippen molar-refractivity contribution in [2.24, 2.45) is 0 Å². The number of benzene rings is 1. The second-order valence-electron chi connectivity index (χ2n) is 5.28. The monoisotopic (exact) mass is 286 g/mol. The molecule has 1 aliphatic rings. The maximum Gasteiger partial charge on any atom is 0.137 e. The molecule has 2 N–H and O–H groups in total. The molecule has 0 radical (unpaired) electrons. The van der Waals surface area contributed by atoms with Gasteiger partial charge in [0.2, 0.25) is 0 Å². The van der Waals surface area contributed by atoms with Gasteiger partial charge in [-0.3, -0.25) is 0 Å². The summed E-state index contributed by atoms with van der Waals surface area (Å²) in [6.45, 7) is 1.58. The summed E-state index contributed by atoms with van der Waals surface area (Å²) in [5.41, 5.74) is 2.02. The first-order valence-electron chi connectivity index (χ1n) is 7.48. The van der Waals surface area contributed by atoms with Gasteiger partial charge in [0.15, 0.2) is 0 Å². The zero-order chi connectivity index (χ0) is 14.9. The summed E-state index contributed by atoms with van der Waals surface area (Å²) in [4.78, 5) is 0. The number of rotatable bonds is 8. The molecule has 4 heteroatoms. The standard InChI is InChI=1S/C17H22N2O2/c18-11-15-7-3-4-8-17(15)21-13-16(20)12-19-10-9-14-5-1-2-6-14/h3-5,7-8,16,19-20H,1-2,6,9-10,12-13H2. The third kappa shape index (κ3) is 5.22. The van der Waals surface area contributed by atoms with Gasteiger partial charge in [0.25, 0.3) is 0 Å². The number of ether oxygens (including phenoxy) is 1. The molecule has 0 saturated heterocycles. The Labute approximate surface area is 126 Å². The van der Waals surface area contributed by atoms with Crippen LogP contribution in [0.25, 0.3) is 0 Å². The molecule has 0 amide bonds. The first-order chi connectivity index (χ1) is 10.3. The van der Waals surface area contributed by atoms with E-state index in [-0.39, 0.29) is 6.61 Å². The van der Waals surface area contributed by atoms with E-state index in [1.54, 1.807) is 18.2 Å². The number of para-hydroxylation sites is 1. The lowest BCUT2D eigenvalue weighted by atomic mass is 10.2. The van der Waals surface area contributed by atoms with E-state index >= 15 is 0 Å². The molecule has 4 nitrogen and oxygen atoms in total. The number of hydrogen-bond donors (Lipinski definition) is 2. The molecule has 1 unspecified atom stereocenters. The predicted octanol–water partition coefficient (Wildman–Crippen LogP) is 2.39. The fourth-order valence-electron chi connectivity index (χ4n) is 2.41. The highest BCUT2D eigenvalue weighted by Gasteiger charge is 2.08. The largest absolute Gasteiger partial charge is 0.489 e. The van der Waals surface area contributed by atoms with Crippen LogP contribution < -0.4 is 10.1 Å². The lowest BCUT2D eigenvalue weighted by Gasteiger charge is -2.14. The number of hydrogen-bond acceptors (Lipinski definition) is 4. The first-order valence-corrected chi connectivity index (χ1v) is 7.48. The minimum absolute atomic E-state index is 0.189. The molecule has 21 heavy (non-hydrogen) atoms. The zero-order valence-corrected chi connectivity index (χ0v) is 12.2. The fourth-order valence-corrected chi connectivity index (χ4v) is 2.41. The van der Waals surface area contributed by atoms with Gasteiger partial charge in [0, 0.05) is 6.54 Å². The third-order valence-corrected chi connectivity index (χ3v) is 3.58. The topological polar surface area (TPSA) is 65.3 Å². The molecule has 1 atom stereocenters. The van der Waals surface area contributed by atoms with E-state index in [2.05, 4.69) is 17.5 Å². The second-order valence-corrected chi connectivity index (χ2v) is 5.28. The van der Waals surface area contributed by atoms with Crippen LogP contribution in [0.1, 0.15) is 31.2 Å². The summed E-state index contributed by atoms with van der Waals surface area (Å²) in [6.07, 6.45) is 6.52. The van der Waals surface area contributed by atoms with Crippen LogP contribution in [-0.2, 0) is 0 Å². The van der Waals surface area contributed by atoms with Crippen molar-refractivity contribution in [1.29, 1.82) is 5.26 Å². The van der Waals surface area contributed by atoms with E-state index in [4.69, 9.17) is 10.00 Å². The van der Waals surface area contributed by atoms with Crippen LogP contribution in [0, 0.1) is 11.3 Å². The Bertz CT molecular complexity index is 520. The Hall–Kier alpha value is -1.83. The number of aliphatic hydroxyl groups excluding tert-OH is 1. The summed E-state index contributed by atoms with van der Waals surface area (Å²) in [7, 11) is 0. The molecule has 112 valence electrons. The molecule has 2 rings (SSSR count). The van der Waals surface area contributed by atoms with Crippen LogP contribution >= 0.6 is 0 Å². The van der Waals surface area contributed by atoms with E-state index in [0.29, 0.717) is 17.9 Å². The zero-order valence-electron chi connectivity index (χ0n) is 12.2. The predicted molar refractivity (Wildman–Crippen MR) is 82.1 cm³/mol. The van der Waals surface area contributed by atoms with Gasteiger partial charge in [-0.25, -0.2) is 0 Å². The Balaban J connectivity index is 1.63. The molecule has 1 aliphatic carbocycles. The maximum atomic E-state index is 9.88. The number of nitrogens with zero attached hydrogens (tertiary/aromatic N) is 1. The lowest BCUT2D eigenvalue weighted by molar-refractivity contribution is 0.106. The summed E-state index contributed by atoms with van der Waals surface area (Å²) >= 11 is 0. The van der Waals surface area contributed by atoms with Gasteiger partial charge in [-0.2, -0.15) is 5.26 Å². The molecule has 0 fully saturated rings. The van der Waals surface area contributed by atoms with Crippen molar-refractivity contribution in [2.75, 3.05) is 19.7 Å². The number of aliphatic hydroxyl groups is 1. The van der Waals surface area contributed by atoms with Crippen molar-refractivity contribution >= 4 is 0 Å². The SMILES string of the molecule is N#Cc1ccccc1OCC(O)CNCCC1=CCCC1. The van der Waals surface area contributed by atoms with Crippen molar-refractivity contribution in [3.63, 3.8) is 0 Å². The number of nitrogens with one attached hydrogen (secondary N) is 1. The van der Waals surface area contributed by atoms with Crippen molar-refractivity contribution in [3.8, 4) is 11.8 Å². The molecular weight excluding hydrogens is 264 g/mol. The lowest BCUT2D eigenvalue weighted by Crippen LogP contribution is -2.32. The normalized spacial score (nSPS) is 15.3. The van der Waals surface area contributed by atoms with Crippen molar-refractivity contribution in [3.05, 3.63) is 41.5 Å². The molecule has 0 aromatic heterocycles. The maximum absolute atomic E-state index is 9.88. The van der Waals surface area contributed by atoms with Gasteiger partial charge in [-0.1, -0.05) is 23.8 Å². The van der Waals surface area contributed by atoms with Gasteiger partial charge in [0.1, 0.15) is 24.5 Å². The van der Waals surface area contributed by atoms with Crippen molar-refractivity contribution in [1.82, 2.24) is 5.32 Å². The highest BCUT2D eigenvalue weighted by molar-refractivity contribution is 5.42. The smallest absolute Gasteiger partial charge is 0.137 e. The Morgan fingerprint density at radius 1 is 1.38 bits per heavy atom. The Morgan fingerprint density at radius 3 is 3.00 bits per heavy atom. The van der Waals surface area contributed by atoms with E-state index in [0.717, 1.165) is 13.0 Å². The van der Waals surface area contributed by atoms with Crippen molar-refractivity contribution in [2.45, 2.75) is 31.8 Å². The second kappa shape index (κ2) is 8.46. The van der Waals surface area contributed by atoms with Crippen LogP contribution in [0.2, 0.25) is 0 Å². The van der Waals surface area contributed by atoms with Gasteiger partial charge >= 0.3 is 0 Å². The van der Waals surface area contributed by atoms with E-state index in [9.17, 15) is 5.11 Å². The average molecular weight is 286 g/mol. The molecule has 0 bridgehead atoms. The van der Waals surface area contributed by atoms with E-state index in [1.165, 1.54) is 24.8 Å². The summed E-state index contributed by atoms with van der Waals surface area (Å²) in [6, 6.07) is 9.13. The fraction of sp³-hybridized carbons (Fsp3) is 0.471. The molecule has 0 spiro atoms. The van der Waals surface area contributed by atoms with Gasteiger partial charge < -0.3 is 15.2 Å². The molecular formula is C17H22N2O2. The van der Waals surface area contributed by atoms with Crippen LogP contribution in [-0.4, -0.2) is 30.9 Å². The Kier molecular flexibility index (Phi) is 6.26. The third-order valence-electron chi connectivity index (χ3n) is 3.58. The van der Waals surface area contributed by atoms with Crippen LogP contribution in [0.3, 0.4) is 0 Å². The Morgan fingerprint density at radius 2 is 2.24 bits per heavy atom. The van der Waals surface area contributed by atoms with Gasteiger partial charge in [0.05, 0.1) is 5.56 Å².